The van der Waals surface area contributed by atoms with E-state index >= 15 is 9.59 Å². The highest BCUT2D eigenvalue weighted by Gasteiger charge is 2.36. The van der Waals surface area contributed by atoms with Gasteiger partial charge in [0.2, 0.25) is 5.91 Å². The number of carbonyl (C=O) groups excluding carboxylic acids is 3. The first-order valence-electron chi connectivity index (χ1n) is 27.0. The lowest BCUT2D eigenvalue weighted by Crippen LogP contribution is -2.51. The van der Waals surface area contributed by atoms with Gasteiger partial charge < -0.3 is 33.7 Å². The van der Waals surface area contributed by atoms with Crippen LogP contribution in [0.1, 0.15) is 84.9 Å². The van der Waals surface area contributed by atoms with Gasteiger partial charge in [0.15, 0.2) is 0 Å². The standard InChI is InChI=1S/C61H70FN9O5/c1-42-54(61(75)71(49-14-16-52(72)17-15-49)57-36-50(38-63)64(3)43(57)2)37-58(65(42)4)55-34-46-20-24-69(59(73)32-44-12-18-53(19-13-44)76-31-30-67-28-26-66(25-21-62)27-29-67)39-48(46)35-56(55)60(74)70-40-47-11-7-6-10-45(47)33-51(70)41-68-22-8-5-9-23-68/h6-7,10-19,34-37,51,72H,5,8-9,20-33,39-41H2,1-4H3/t51-/m0/s1. The van der Waals surface area contributed by atoms with Gasteiger partial charge in [-0.15, -0.1) is 0 Å². The van der Waals surface area contributed by atoms with Crippen LogP contribution in [-0.2, 0) is 51.2 Å². The largest absolute Gasteiger partial charge is 0.508 e. The molecule has 0 bridgehead atoms. The van der Waals surface area contributed by atoms with Crippen LogP contribution < -0.4 is 9.64 Å². The lowest BCUT2D eigenvalue weighted by Gasteiger charge is -2.41. The first-order valence-corrected chi connectivity index (χ1v) is 27.0. The summed E-state index contributed by atoms with van der Waals surface area (Å²) in [5.41, 5.74) is 10.5. The molecule has 1 atom stereocenters. The molecule has 0 aliphatic carbocycles. The second-order valence-corrected chi connectivity index (χ2v) is 21.1. The molecule has 1 N–H and O–H groups in total. The summed E-state index contributed by atoms with van der Waals surface area (Å²) in [6.07, 6.45) is 5.08. The summed E-state index contributed by atoms with van der Waals surface area (Å²) in [6, 6.07) is 32.6. The van der Waals surface area contributed by atoms with Gasteiger partial charge in [0.05, 0.1) is 17.7 Å². The summed E-state index contributed by atoms with van der Waals surface area (Å²) in [7, 11) is 3.72. The van der Waals surface area contributed by atoms with Crippen molar-refractivity contribution < 1.29 is 28.6 Å². The van der Waals surface area contributed by atoms with Crippen molar-refractivity contribution in [2.45, 2.75) is 71.5 Å². The first kappa shape index (κ1) is 52.2. The zero-order chi connectivity index (χ0) is 53.0. The molecule has 2 aromatic heterocycles. The Balaban J connectivity index is 0.953. The van der Waals surface area contributed by atoms with E-state index in [2.05, 4.69) is 49.9 Å². The summed E-state index contributed by atoms with van der Waals surface area (Å²) in [6.45, 7) is 13.0. The quantitative estimate of drug-likeness (QED) is 0.108. The molecule has 0 spiro atoms. The second-order valence-electron chi connectivity index (χ2n) is 21.1. The molecule has 396 valence electrons. The third-order valence-electron chi connectivity index (χ3n) is 16.5. The highest BCUT2D eigenvalue weighted by molar-refractivity contribution is 6.13. The summed E-state index contributed by atoms with van der Waals surface area (Å²) >= 11 is 0. The fraction of sp³-hybridized carbons (Fsp3) is 0.410. The summed E-state index contributed by atoms with van der Waals surface area (Å²) in [4.78, 5) is 57.8. The number of likely N-dealkylation sites (tertiary alicyclic amines) is 1. The lowest BCUT2D eigenvalue weighted by molar-refractivity contribution is -0.131. The number of fused-ring (bicyclic) bond motifs is 2. The van der Waals surface area contributed by atoms with Gasteiger partial charge in [-0.2, -0.15) is 5.26 Å². The van der Waals surface area contributed by atoms with Crippen molar-refractivity contribution in [3.05, 3.63) is 153 Å². The normalized spacial score (nSPS) is 17.2. The van der Waals surface area contributed by atoms with Crippen molar-refractivity contribution in [3.8, 4) is 28.8 Å². The number of amides is 3. The van der Waals surface area contributed by atoms with Crippen LogP contribution in [0.4, 0.5) is 15.8 Å². The molecule has 10 rings (SSSR count). The van der Waals surface area contributed by atoms with Crippen molar-refractivity contribution in [1.29, 1.82) is 5.26 Å². The van der Waals surface area contributed by atoms with Gasteiger partial charge >= 0.3 is 0 Å². The highest BCUT2D eigenvalue weighted by atomic mass is 19.1. The van der Waals surface area contributed by atoms with Crippen LogP contribution in [-0.4, -0.2) is 141 Å². The Morgan fingerprint density at radius 1 is 0.737 bits per heavy atom. The average Bonchev–Trinajstić information content (AvgIpc) is 3.90. The van der Waals surface area contributed by atoms with Crippen LogP contribution in [0.25, 0.3) is 11.3 Å². The number of carbonyl (C=O) groups is 3. The van der Waals surface area contributed by atoms with E-state index in [0.29, 0.717) is 78.8 Å². The number of halogens is 1. The summed E-state index contributed by atoms with van der Waals surface area (Å²) < 4.78 is 22.6. The van der Waals surface area contributed by atoms with E-state index in [1.807, 2.05) is 72.8 Å². The number of hydrogen-bond donors (Lipinski definition) is 1. The molecule has 4 aliphatic rings. The molecule has 15 heteroatoms. The van der Waals surface area contributed by atoms with E-state index in [1.54, 1.807) is 34.7 Å². The summed E-state index contributed by atoms with van der Waals surface area (Å²) in [5.74, 6) is 0.413. The number of aromatic hydroxyl groups is 1. The predicted octanol–water partition coefficient (Wildman–Crippen LogP) is 8.35. The lowest BCUT2D eigenvalue weighted by atomic mass is 9.89. The first-order chi connectivity index (χ1) is 36.9. The monoisotopic (exact) mass is 1030 g/mol. The number of alkyl halides is 1. The van der Waals surface area contributed by atoms with E-state index < -0.39 is 0 Å². The molecule has 3 amide bonds. The van der Waals surface area contributed by atoms with Crippen LogP contribution in [0.5, 0.6) is 11.5 Å². The van der Waals surface area contributed by atoms with Crippen LogP contribution in [0.3, 0.4) is 0 Å². The number of piperazine rings is 1. The minimum atomic E-state index is -0.322. The van der Waals surface area contributed by atoms with Crippen LogP contribution in [0.15, 0.2) is 97.1 Å². The van der Waals surface area contributed by atoms with E-state index in [0.717, 1.165) is 111 Å². The van der Waals surface area contributed by atoms with Gasteiger partial charge in [-0.1, -0.05) is 42.8 Å². The number of hydrogen-bond acceptors (Lipinski definition) is 9. The Kier molecular flexibility index (Phi) is 15.7. The number of rotatable bonds is 15. The maximum atomic E-state index is 15.8. The summed E-state index contributed by atoms with van der Waals surface area (Å²) in [5, 5.41) is 20.3. The van der Waals surface area contributed by atoms with E-state index in [-0.39, 0.29) is 42.6 Å². The molecule has 2 fully saturated rings. The third kappa shape index (κ3) is 11.0. The molecule has 6 heterocycles. The average molecular weight is 1030 g/mol. The Morgan fingerprint density at radius 2 is 1.45 bits per heavy atom. The van der Waals surface area contributed by atoms with Crippen LogP contribution >= 0.6 is 0 Å². The molecule has 0 radical (unpaired) electrons. The van der Waals surface area contributed by atoms with E-state index in [4.69, 9.17) is 4.74 Å². The Morgan fingerprint density at radius 3 is 2.14 bits per heavy atom. The molecular formula is C61H70FN9O5. The Hall–Kier alpha value is -7.25. The number of aromatic nitrogens is 2. The van der Waals surface area contributed by atoms with Gasteiger partial charge in [-0.3, -0.25) is 29.1 Å². The number of piperidine rings is 1. The van der Waals surface area contributed by atoms with Gasteiger partial charge in [-0.25, -0.2) is 4.39 Å². The van der Waals surface area contributed by atoms with Crippen LogP contribution in [0.2, 0.25) is 0 Å². The van der Waals surface area contributed by atoms with Crippen molar-refractivity contribution in [3.63, 3.8) is 0 Å². The molecule has 2 saturated heterocycles. The molecule has 14 nitrogen and oxygen atoms in total. The number of benzene rings is 4. The number of phenols is 1. The maximum absolute atomic E-state index is 15.8. The third-order valence-corrected chi connectivity index (χ3v) is 16.5. The van der Waals surface area contributed by atoms with Crippen molar-refractivity contribution in [2.24, 2.45) is 14.1 Å². The van der Waals surface area contributed by atoms with Gasteiger partial charge in [0, 0.05) is 119 Å². The number of nitriles is 1. The minimum Gasteiger partial charge on any atom is -0.508 e. The van der Waals surface area contributed by atoms with Crippen LogP contribution in [0, 0.1) is 25.2 Å². The highest BCUT2D eigenvalue weighted by Crippen LogP contribution is 2.39. The molecule has 76 heavy (non-hydrogen) atoms. The SMILES string of the molecule is Cc1c(N(C(=O)c2cc(-c3cc4c(cc3C(=O)N3Cc5ccccc5C[C@H]3CN3CCCCC3)CN(C(=O)Cc3ccc(OCCN5CCN(CCF)CC5)cc3)CC4)n(C)c2C)c2ccc(O)cc2)cc(C#N)n1C. The van der Waals surface area contributed by atoms with Crippen molar-refractivity contribution in [2.75, 3.05) is 83.6 Å². The Labute approximate surface area is 446 Å². The molecule has 4 aliphatic heterocycles. The molecular weight excluding hydrogens is 958 g/mol. The zero-order valence-electron chi connectivity index (χ0n) is 44.4. The number of phenolic OH excluding ortho intramolecular Hbond substituents is 1. The van der Waals surface area contributed by atoms with E-state index in [9.17, 15) is 19.6 Å². The fourth-order valence-electron chi connectivity index (χ4n) is 11.7. The molecule has 0 unspecified atom stereocenters. The van der Waals surface area contributed by atoms with Gasteiger partial charge in [0.1, 0.15) is 36.5 Å². The minimum absolute atomic E-state index is 0.00680. The zero-order valence-corrected chi connectivity index (χ0v) is 44.4. The fourth-order valence-corrected chi connectivity index (χ4v) is 11.7. The second kappa shape index (κ2) is 22.9. The van der Waals surface area contributed by atoms with Crippen molar-refractivity contribution in [1.82, 2.24) is 33.6 Å². The van der Waals surface area contributed by atoms with Crippen molar-refractivity contribution >= 4 is 29.1 Å². The Bertz CT molecular complexity index is 3130. The number of nitrogens with zero attached hydrogens (tertiary/aromatic N) is 9. The van der Waals surface area contributed by atoms with Gasteiger partial charge in [0.25, 0.3) is 11.8 Å². The predicted molar refractivity (Wildman–Crippen MR) is 293 cm³/mol. The molecule has 4 aromatic carbocycles. The number of anilines is 2. The molecule has 6 aromatic rings. The topological polar surface area (TPSA) is 134 Å². The van der Waals surface area contributed by atoms with E-state index in [1.165, 1.54) is 24.1 Å². The van der Waals surface area contributed by atoms with Gasteiger partial charge in [-0.05, 0) is 141 Å². The maximum Gasteiger partial charge on any atom is 0.264 e. The number of ether oxygens (including phenoxy) is 1. The smallest absolute Gasteiger partial charge is 0.264 e. The molecule has 0 saturated carbocycles.